The van der Waals surface area contributed by atoms with Crippen molar-refractivity contribution in [1.29, 1.82) is 0 Å². The van der Waals surface area contributed by atoms with Crippen molar-refractivity contribution in [1.82, 2.24) is 10.7 Å². The second-order valence-corrected chi connectivity index (χ2v) is 5.06. The standard InChI is InChI=1S/C10H17N3OS/c1-7-4-5-15-8(7)10(2,3)6-12-9(14)13-11/h4-5H,6,11H2,1-3H3,(H2,12,13,14). The summed E-state index contributed by atoms with van der Waals surface area (Å²) in [5.74, 6) is 4.99. The first-order valence-corrected chi connectivity index (χ1v) is 5.64. The van der Waals surface area contributed by atoms with E-state index < -0.39 is 0 Å². The summed E-state index contributed by atoms with van der Waals surface area (Å²) in [6.45, 7) is 6.85. The molecule has 0 aliphatic carbocycles. The van der Waals surface area contributed by atoms with E-state index >= 15 is 0 Å². The molecule has 15 heavy (non-hydrogen) atoms. The molecule has 0 fully saturated rings. The molecule has 84 valence electrons. The molecule has 1 heterocycles. The van der Waals surface area contributed by atoms with Crippen molar-refractivity contribution in [3.8, 4) is 0 Å². The first-order chi connectivity index (χ1) is 6.97. The minimum Gasteiger partial charge on any atom is -0.336 e. The van der Waals surface area contributed by atoms with Gasteiger partial charge in [0.25, 0.3) is 0 Å². The second-order valence-electron chi connectivity index (χ2n) is 4.14. The van der Waals surface area contributed by atoms with Crippen molar-refractivity contribution in [2.24, 2.45) is 5.84 Å². The molecular formula is C10H17N3OS. The van der Waals surface area contributed by atoms with E-state index in [0.717, 1.165) is 0 Å². The van der Waals surface area contributed by atoms with Crippen molar-refractivity contribution >= 4 is 17.4 Å². The maximum Gasteiger partial charge on any atom is 0.328 e. The van der Waals surface area contributed by atoms with Gasteiger partial charge in [-0.1, -0.05) is 13.8 Å². The fourth-order valence-electron chi connectivity index (χ4n) is 1.50. The van der Waals surface area contributed by atoms with E-state index in [1.165, 1.54) is 10.4 Å². The van der Waals surface area contributed by atoms with E-state index in [2.05, 4.69) is 43.0 Å². The number of rotatable bonds is 3. The van der Waals surface area contributed by atoms with Gasteiger partial charge in [0, 0.05) is 16.8 Å². The highest BCUT2D eigenvalue weighted by Crippen LogP contribution is 2.30. The molecule has 0 atom stereocenters. The lowest BCUT2D eigenvalue weighted by Gasteiger charge is -2.24. The maximum absolute atomic E-state index is 11.0. The topological polar surface area (TPSA) is 67.2 Å². The Balaban J connectivity index is 2.67. The molecule has 0 spiro atoms. The number of aryl methyl sites for hydroxylation is 1. The van der Waals surface area contributed by atoms with Crippen molar-refractivity contribution in [2.45, 2.75) is 26.2 Å². The van der Waals surface area contributed by atoms with E-state index in [1.807, 2.05) is 0 Å². The average molecular weight is 227 g/mol. The molecule has 4 nitrogen and oxygen atoms in total. The van der Waals surface area contributed by atoms with E-state index in [-0.39, 0.29) is 11.4 Å². The van der Waals surface area contributed by atoms with Gasteiger partial charge in [0.1, 0.15) is 0 Å². The Bertz CT molecular complexity index is 346. The Morgan fingerprint density at radius 2 is 2.27 bits per heavy atom. The molecule has 1 rings (SSSR count). The van der Waals surface area contributed by atoms with Crippen LogP contribution in [-0.2, 0) is 5.41 Å². The molecule has 0 unspecified atom stereocenters. The molecule has 4 N–H and O–H groups in total. The number of hydrogen-bond acceptors (Lipinski definition) is 3. The summed E-state index contributed by atoms with van der Waals surface area (Å²) in [7, 11) is 0. The van der Waals surface area contributed by atoms with Crippen molar-refractivity contribution in [2.75, 3.05) is 6.54 Å². The average Bonchev–Trinajstić information content (AvgIpc) is 2.61. The molecule has 2 amide bonds. The highest BCUT2D eigenvalue weighted by atomic mass is 32.1. The minimum atomic E-state index is -0.350. The maximum atomic E-state index is 11.0. The summed E-state index contributed by atoms with van der Waals surface area (Å²) in [5.41, 5.74) is 3.25. The lowest BCUT2D eigenvalue weighted by atomic mass is 9.89. The molecule has 0 bridgehead atoms. The van der Waals surface area contributed by atoms with Crippen LogP contribution in [0.1, 0.15) is 24.3 Å². The number of nitrogens with one attached hydrogen (secondary N) is 2. The Kier molecular flexibility index (Phi) is 3.71. The first-order valence-electron chi connectivity index (χ1n) is 4.76. The van der Waals surface area contributed by atoms with E-state index in [4.69, 9.17) is 5.84 Å². The zero-order chi connectivity index (χ0) is 11.5. The third-order valence-corrected chi connectivity index (χ3v) is 3.68. The minimum absolute atomic E-state index is 0.0647. The number of nitrogens with two attached hydrogens (primary N) is 1. The quantitative estimate of drug-likeness (QED) is 0.416. The number of hydrazine groups is 1. The fourth-order valence-corrected chi connectivity index (χ4v) is 2.55. The Morgan fingerprint density at radius 3 is 2.73 bits per heavy atom. The Hall–Kier alpha value is -1.07. The van der Waals surface area contributed by atoms with Gasteiger partial charge >= 0.3 is 6.03 Å². The molecule has 0 saturated heterocycles. The van der Waals surface area contributed by atoms with Crippen molar-refractivity contribution < 1.29 is 4.79 Å². The molecule has 5 heteroatoms. The SMILES string of the molecule is Cc1ccsc1C(C)(C)CNC(=O)NN. The summed E-state index contributed by atoms with van der Waals surface area (Å²) >= 11 is 1.71. The van der Waals surface area contributed by atoms with Crippen LogP contribution in [0.5, 0.6) is 0 Å². The highest BCUT2D eigenvalue weighted by molar-refractivity contribution is 7.10. The van der Waals surface area contributed by atoms with Gasteiger partial charge in [-0.2, -0.15) is 0 Å². The van der Waals surface area contributed by atoms with Crippen LogP contribution in [0.25, 0.3) is 0 Å². The van der Waals surface area contributed by atoms with E-state index in [1.54, 1.807) is 11.3 Å². The predicted molar refractivity (Wildman–Crippen MR) is 62.8 cm³/mol. The number of thiophene rings is 1. The van der Waals surface area contributed by atoms with Gasteiger partial charge in [-0.15, -0.1) is 11.3 Å². The Morgan fingerprint density at radius 1 is 1.60 bits per heavy atom. The van der Waals surface area contributed by atoms with Gasteiger partial charge in [-0.3, -0.25) is 5.43 Å². The van der Waals surface area contributed by atoms with E-state index in [9.17, 15) is 4.79 Å². The summed E-state index contributed by atoms with van der Waals surface area (Å²) in [6.07, 6.45) is 0. The molecular weight excluding hydrogens is 210 g/mol. The lowest BCUT2D eigenvalue weighted by Crippen LogP contribution is -2.44. The number of carbonyl (C=O) groups excluding carboxylic acids is 1. The smallest absolute Gasteiger partial charge is 0.328 e. The molecule has 0 radical (unpaired) electrons. The van der Waals surface area contributed by atoms with Crippen molar-refractivity contribution in [3.05, 3.63) is 21.9 Å². The van der Waals surface area contributed by atoms with Crippen LogP contribution < -0.4 is 16.6 Å². The predicted octanol–water partition coefficient (Wildman–Crippen LogP) is 1.51. The molecule has 1 aromatic rings. The van der Waals surface area contributed by atoms with Crippen LogP contribution in [0.2, 0.25) is 0 Å². The fraction of sp³-hybridized carbons (Fsp3) is 0.500. The van der Waals surface area contributed by atoms with Crippen LogP contribution in [0.15, 0.2) is 11.4 Å². The lowest BCUT2D eigenvalue weighted by molar-refractivity contribution is 0.238. The monoisotopic (exact) mass is 227 g/mol. The van der Waals surface area contributed by atoms with Gasteiger partial charge in [0.05, 0.1) is 0 Å². The first kappa shape index (κ1) is 12.0. The van der Waals surface area contributed by atoms with Gasteiger partial charge in [-0.25, -0.2) is 10.6 Å². The van der Waals surface area contributed by atoms with Crippen LogP contribution in [-0.4, -0.2) is 12.6 Å². The number of amides is 2. The molecule has 0 aliphatic heterocycles. The summed E-state index contributed by atoms with van der Waals surface area (Å²) < 4.78 is 0. The molecule has 0 aromatic carbocycles. The summed E-state index contributed by atoms with van der Waals surface area (Å²) in [4.78, 5) is 12.3. The largest absolute Gasteiger partial charge is 0.336 e. The normalized spacial score (nSPS) is 11.2. The van der Waals surface area contributed by atoms with Crippen molar-refractivity contribution in [3.63, 3.8) is 0 Å². The second kappa shape index (κ2) is 4.63. The van der Waals surface area contributed by atoms with Crippen LogP contribution in [0.3, 0.4) is 0 Å². The van der Waals surface area contributed by atoms with Gasteiger partial charge < -0.3 is 5.32 Å². The van der Waals surface area contributed by atoms with Gasteiger partial charge in [-0.05, 0) is 23.9 Å². The van der Waals surface area contributed by atoms with Gasteiger partial charge in [0.2, 0.25) is 0 Å². The number of urea groups is 1. The summed E-state index contributed by atoms with van der Waals surface area (Å²) in [6, 6.07) is 1.74. The zero-order valence-corrected chi connectivity index (χ0v) is 10.1. The third-order valence-electron chi connectivity index (χ3n) is 2.30. The van der Waals surface area contributed by atoms with Gasteiger partial charge in [0.15, 0.2) is 0 Å². The third kappa shape index (κ3) is 2.94. The number of carbonyl (C=O) groups is 1. The molecule has 0 saturated carbocycles. The Labute approximate surface area is 93.8 Å². The zero-order valence-electron chi connectivity index (χ0n) is 9.26. The van der Waals surface area contributed by atoms with E-state index in [0.29, 0.717) is 6.54 Å². The van der Waals surface area contributed by atoms with Crippen LogP contribution in [0.4, 0.5) is 4.79 Å². The van der Waals surface area contributed by atoms with Crippen LogP contribution in [0, 0.1) is 6.92 Å². The highest BCUT2D eigenvalue weighted by Gasteiger charge is 2.24. The number of hydrogen-bond donors (Lipinski definition) is 3. The summed E-state index contributed by atoms with van der Waals surface area (Å²) in [5, 5.41) is 4.78. The molecule has 0 aliphatic rings. The van der Waals surface area contributed by atoms with Crippen LogP contribution >= 0.6 is 11.3 Å². The molecule has 1 aromatic heterocycles.